The Morgan fingerprint density at radius 2 is 2.18 bits per heavy atom. The van der Waals surface area contributed by atoms with Crippen LogP contribution in [0.15, 0.2) is 32.9 Å². The molecule has 0 saturated carbocycles. The van der Waals surface area contributed by atoms with E-state index in [0.29, 0.717) is 35.0 Å². The van der Waals surface area contributed by atoms with Gasteiger partial charge in [-0.2, -0.15) is 0 Å². The van der Waals surface area contributed by atoms with Crippen LogP contribution in [0.4, 0.5) is 0 Å². The third-order valence-electron chi connectivity index (χ3n) is 3.13. The molecule has 0 bridgehead atoms. The van der Waals surface area contributed by atoms with Crippen molar-refractivity contribution >= 4 is 17.5 Å². The minimum Gasteiger partial charge on any atom is -0.497 e. The summed E-state index contributed by atoms with van der Waals surface area (Å²) in [7, 11) is 1.46. The normalized spacial score (nSPS) is 16.2. The molecule has 0 unspecified atom stereocenters. The lowest BCUT2D eigenvalue weighted by atomic mass is 10.0. The molecular weight excluding hydrogens is 286 g/mol. The van der Waals surface area contributed by atoms with Crippen molar-refractivity contribution in [2.75, 3.05) is 7.11 Å². The van der Waals surface area contributed by atoms with Gasteiger partial charge in [0.2, 0.25) is 11.7 Å². The molecule has 7 nitrogen and oxygen atoms in total. The van der Waals surface area contributed by atoms with E-state index in [0.717, 1.165) is 0 Å². The molecule has 2 N–H and O–H groups in total. The summed E-state index contributed by atoms with van der Waals surface area (Å²) in [5, 5.41) is 0. The Hall–Kier alpha value is -2.70. The molecule has 1 aromatic rings. The van der Waals surface area contributed by atoms with Crippen molar-refractivity contribution in [3.63, 3.8) is 0 Å². The fourth-order valence-electron chi connectivity index (χ4n) is 2.08. The van der Waals surface area contributed by atoms with Crippen LogP contribution in [0, 0.1) is 6.92 Å². The summed E-state index contributed by atoms with van der Waals surface area (Å²) in [5.41, 5.74) is 6.55. The van der Waals surface area contributed by atoms with Crippen molar-refractivity contribution < 1.29 is 18.7 Å². The quantitative estimate of drug-likeness (QED) is 0.906. The number of carbonyl (C=O) groups excluding carboxylic acids is 2. The number of nitrogens with two attached hydrogens (primary N) is 1. The predicted molar refractivity (Wildman–Crippen MR) is 79.4 cm³/mol. The number of ether oxygens (including phenoxy) is 1. The number of aryl methyl sites for hydroxylation is 2. The van der Waals surface area contributed by atoms with Crippen molar-refractivity contribution in [1.29, 1.82) is 0 Å². The number of aromatic nitrogens is 1. The molecule has 1 aromatic heterocycles. The first-order valence-corrected chi connectivity index (χ1v) is 6.78. The van der Waals surface area contributed by atoms with E-state index in [1.54, 1.807) is 13.0 Å². The zero-order valence-corrected chi connectivity index (χ0v) is 12.7. The molecular formula is C15H17N3O4. The van der Waals surface area contributed by atoms with Crippen LogP contribution in [0.5, 0.6) is 0 Å². The Labute approximate surface area is 127 Å². The maximum atomic E-state index is 12.3. The van der Waals surface area contributed by atoms with Gasteiger partial charge in [0.1, 0.15) is 5.76 Å². The van der Waals surface area contributed by atoms with E-state index in [4.69, 9.17) is 14.9 Å². The predicted octanol–water partition coefficient (Wildman–Crippen LogP) is 1.47. The molecule has 2 rings (SSSR count). The molecule has 7 heteroatoms. The van der Waals surface area contributed by atoms with Crippen molar-refractivity contribution in [2.24, 2.45) is 10.7 Å². The molecule has 0 spiro atoms. The molecule has 1 heterocycles. The molecule has 0 aromatic carbocycles. The average Bonchev–Trinajstić information content (AvgIpc) is 2.88. The number of oxazole rings is 1. The van der Waals surface area contributed by atoms with Crippen LogP contribution in [-0.4, -0.2) is 29.6 Å². The summed E-state index contributed by atoms with van der Waals surface area (Å²) in [4.78, 5) is 31.7. The highest BCUT2D eigenvalue weighted by Crippen LogP contribution is 2.18. The molecule has 0 fully saturated rings. The largest absolute Gasteiger partial charge is 0.497 e. The Kier molecular flexibility index (Phi) is 4.55. The highest BCUT2D eigenvalue weighted by atomic mass is 16.5. The first-order valence-electron chi connectivity index (χ1n) is 6.78. The first kappa shape index (κ1) is 15.7. The number of hydrogen-bond donors (Lipinski definition) is 1. The SMILES string of the molecule is CCc1nc(C)oc1C(=O)/N=C1\C=C(OC)C=C(C(N)=O)C1. The lowest BCUT2D eigenvalue weighted by Crippen LogP contribution is -2.19. The summed E-state index contributed by atoms with van der Waals surface area (Å²) in [5.74, 6) is -0.168. The third kappa shape index (κ3) is 3.30. The number of hydrogen-bond acceptors (Lipinski definition) is 5. The molecule has 0 atom stereocenters. The van der Waals surface area contributed by atoms with Crippen LogP contribution in [-0.2, 0) is 16.0 Å². The number of allylic oxidation sites excluding steroid dienone is 2. The Morgan fingerprint density at radius 1 is 1.45 bits per heavy atom. The van der Waals surface area contributed by atoms with Gasteiger partial charge < -0.3 is 14.9 Å². The summed E-state index contributed by atoms with van der Waals surface area (Å²) in [6, 6.07) is 0. The third-order valence-corrected chi connectivity index (χ3v) is 3.13. The van der Waals surface area contributed by atoms with Gasteiger partial charge in [0.05, 0.1) is 18.5 Å². The van der Waals surface area contributed by atoms with Crippen LogP contribution in [0.3, 0.4) is 0 Å². The lowest BCUT2D eigenvalue weighted by molar-refractivity contribution is -0.114. The standard InChI is InChI=1S/C15H17N3O4/c1-4-12-13(22-8(2)17-12)15(20)18-10-5-9(14(16)19)6-11(7-10)21-3/h6-7H,4-5H2,1-3H3,(H2,16,19)/b18-10-. The van der Waals surface area contributed by atoms with Crippen molar-refractivity contribution in [1.82, 2.24) is 4.98 Å². The number of amides is 2. The van der Waals surface area contributed by atoms with Gasteiger partial charge in [-0.1, -0.05) is 6.92 Å². The van der Waals surface area contributed by atoms with Crippen LogP contribution in [0.25, 0.3) is 0 Å². The van der Waals surface area contributed by atoms with Gasteiger partial charge in [-0.3, -0.25) is 9.59 Å². The smallest absolute Gasteiger partial charge is 0.314 e. The van der Waals surface area contributed by atoms with Crippen molar-refractivity contribution in [3.8, 4) is 0 Å². The van der Waals surface area contributed by atoms with E-state index in [1.807, 2.05) is 6.92 Å². The van der Waals surface area contributed by atoms with Crippen LogP contribution in [0.2, 0.25) is 0 Å². The van der Waals surface area contributed by atoms with Crippen LogP contribution >= 0.6 is 0 Å². The zero-order valence-electron chi connectivity index (χ0n) is 12.7. The molecule has 0 radical (unpaired) electrons. The van der Waals surface area contributed by atoms with Crippen LogP contribution in [0.1, 0.15) is 35.5 Å². The minimum absolute atomic E-state index is 0.120. The molecule has 0 aliphatic heterocycles. The maximum Gasteiger partial charge on any atom is 0.314 e. The minimum atomic E-state index is -0.576. The van der Waals surface area contributed by atoms with Gasteiger partial charge in [-0.05, 0) is 12.5 Å². The number of primary amides is 1. The van der Waals surface area contributed by atoms with Gasteiger partial charge in [0.15, 0.2) is 5.89 Å². The van der Waals surface area contributed by atoms with Gasteiger partial charge in [-0.25, -0.2) is 9.98 Å². The Balaban J connectivity index is 2.32. The topological polar surface area (TPSA) is 108 Å². The summed E-state index contributed by atoms with van der Waals surface area (Å²) < 4.78 is 10.4. The number of rotatable bonds is 4. The molecule has 1 aliphatic rings. The molecule has 116 valence electrons. The zero-order chi connectivity index (χ0) is 16.3. The van der Waals surface area contributed by atoms with Gasteiger partial charge >= 0.3 is 5.91 Å². The fourth-order valence-corrected chi connectivity index (χ4v) is 2.08. The van der Waals surface area contributed by atoms with Crippen molar-refractivity contribution in [3.05, 3.63) is 40.8 Å². The van der Waals surface area contributed by atoms with Crippen molar-refractivity contribution in [2.45, 2.75) is 26.7 Å². The van der Waals surface area contributed by atoms with E-state index >= 15 is 0 Å². The highest BCUT2D eigenvalue weighted by Gasteiger charge is 2.20. The number of nitrogens with zero attached hydrogens (tertiary/aromatic N) is 2. The van der Waals surface area contributed by atoms with E-state index in [9.17, 15) is 9.59 Å². The van der Waals surface area contributed by atoms with E-state index in [2.05, 4.69) is 9.98 Å². The average molecular weight is 303 g/mol. The number of carbonyl (C=O) groups is 2. The first-order chi connectivity index (χ1) is 10.4. The maximum absolute atomic E-state index is 12.3. The summed E-state index contributed by atoms with van der Waals surface area (Å²) >= 11 is 0. The van der Waals surface area contributed by atoms with E-state index in [-0.39, 0.29) is 12.2 Å². The molecule has 22 heavy (non-hydrogen) atoms. The monoisotopic (exact) mass is 303 g/mol. The lowest BCUT2D eigenvalue weighted by Gasteiger charge is -2.12. The summed E-state index contributed by atoms with van der Waals surface area (Å²) in [6.45, 7) is 3.54. The van der Waals surface area contributed by atoms with E-state index < -0.39 is 11.8 Å². The number of methoxy groups -OCH3 is 1. The molecule has 2 amide bonds. The molecule has 0 saturated heterocycles. The van der Waals surface area contributed by atoms with E-state index in [1.165, 1.54) is 13.2 Å². The summed E-state index contributed by atoms with van der Waals surface area (Å²) in [6.07, 6.45) is 3.85. The molecule has 1 aliphatic carbocycles. The Bertz CT molecular complexity index is 710. The van der Waals surface area contributed by atoms with Gasteiger partial charge in [-0.15, -0.1) is 0 Å². The second-order valence-corrected chi connectivity index (χ2v) is 4.73. The highest BCUT2D eigenvalue weighted by molar-refractivity contribution is 6.12. The number of aliphatic imine (C=N–C) groups is 1. The Morgan fingerprint density at radius 3 is 2.77 bits per heavy atom. The van der Waals surface area contributed by atoms with Crippen LogP contribution < -0.4 is 5.73 Å². The van der Waals surface area contributed by atoms with Gasteiger partial charge in [0.25, 0.3) is 0 Å². The van der Waals surface area contributed by atoms with Gasteiger partial charge in [0, 0.05) is 25.0 Å². The second-order valence-electron chi connectivity index (χ2n) is 4.73. The second kappa shape index (κ2) is 6.38. The fraction of sp³-hybridized carbons (Fsp3) is 0.333.